The van der Waals surface area contributed by atoms with Gasteiger partial charge in [-0.1, -0.05) is 42.5 Å². The van der Waals surface area contributed by atoms with Gasteiger partial charge in [-0.05, 0) is 19.1 Å². The minimum atomic E-state index is -0.690. The van der Waals surface area contributed by atoms with Crippen LogP contribution in [0.2, 0.25) is 0 Å². The van der Waals surface area contributed by atoms with Crippen molar-refractivity contribution in [3.8, 4) is 0 Å². The molecule has 0 saturated carbocycles. The van der Waals surface area contributed by atoms with Gasteiger partial charge in [-0.25, -0.2) is 4.39 Å². The zero-order valence-corrected chi connectivity index (χ0v) is 13.8. The Morgan fingerprint density at radius 2 is 1.52 bits per heavy atom. The maximum absolute atomic E-state index is 13.4. The summed E-state index contributed by atoms with van der Waals surface area (Å²) in [6, 6.07) is 13.7. The predicted octanol–water partition coefficient (Wildman–Crippen LogP) is 2.93. The third-order valence-electron chi connectivity index (χ3n) is 3.56. The number of carbonyl (C=O) groups is 3. The Morgan fingerprint density at radius 1 is 0.920 bits per heavy atom. The van der Waals surface area contributed by atoms with Crippen LogP contribution in [0.25, 0.3) is 0 Å². The molecule has 0 fully saturated rings. The van der Waals surface area contributed by atoms with Crippen LogP contribution in [0.4, 0.5) is 10.1 Å². The number of nitrogens with one attached hydrogen (secondary N) is 2. The Balaban J connectivity index is 1.79. The second-order valence-corrected chi connectivity index (χ2v) is 5.55. The minimum Gasteiger partial charge on any atom is -0.346 e. The smallest absolute Gasteiger partial charge is 0.224 e. The molecule has 0 unspecified atom stereocenters. The van der Waals surface area contributed by atoms with Crippen LogP contribution in [-0.4, -0.2) is 23.6 Å². The van der Waals surface area contributed by atoms with Crippen LogP contribution in [-0.2, 0) is 9.59 Å². The van der Waals surface area contributed by atoms with Gasteiger partial charge in [0, 0.05) is 18.4 Å². The van der Waals surface area contributed by atoms with Crippen molar-refractivity contribution >= 4 is 23.3 Å². The molecule has 0 bridgehead atoms. The molecule has 0 radical (unpaired) electrons. The number of Topliss-reactive ketones (excluding diaryl/α,β-unsaturated/α-hetero) is 1. The lowest BCUT2D eigenvalue weighted by atomic mass is 10.1. The number of halogens is 1. The van der Waals surface area contributed by atoms with Gasteiger partial charge in [0.1, 0.15) is 5.82 Å². The van der Waals surface area contributed by atoms with Crippen LogP contribution in [0, 0.1) is 5.82 Å². The maximum atomic E-state index is 13.4. The van der Waals surface area contributed by atoms with Crippen LogP contribution in [0.15, 0.2) is 54.6 Å². The number of amides is 2. The zero-order chi connectivity index (χ0) is 18.2. The number of hydrogen-bond acceptors (Lipinski definition) is 3. The minimum absolute atomic E-state index is 0.0699. The largest absolute Gasteiger partial charge is 0.346 e. The molecule has 0 aromatic heterocycles. The highest BCUT2D eigenvalue weighted by Gasteiger charge is 2.17. The third kappa shape index (κ3) is 5.53. The molecule has 0 aliphatic rings. The van der Waals surface area contributed by atoms with Gasteiger partial charge < -0.3 is 10.6 Å². The van der Waals surface area contributed by atoms with Crippen molar-refractivity contribution in [1.29, 1.82) is 0 Å². The molecule has 1 atom stereocenters. The molecular formula is C19H19FN2O3. The molecule has 0 spiro atoms. The second-order valence-electron chi connectivity index (χ2n) is 5.55. The summed E-state index contributed by atoms with van der Waals surface area (Å²) in [6.45, 7) is 1.59. The molecule has 2 aromatic carbocycles. The Bertz CT molecular complexity index is 762. The van der Waals surface area contributed by atoms with E-state index in [1.807, 2.05) is 0 Å². The number of anilines is 1. The first-order valence-electron chi connectivity index (χ1n) is 7.90. The summed E-state index contributed by atoms with van der Waals surface area (Å²) >= 11 is 0. The summed E-state index contributed by atoms with van der Waals surface area (Å²) in [5.41, 5.74) is 0.577. The van der Waals surface area contributed by atoms with Gasteiger partial charge in [0.05, 0.1) is 11.7 Å². The molecule has 2 amide bonds. The molecular weight excluding hydrogens is 323 g/mol. The lowest BCUT2D eigenvalue weighted by Crippen LogP contribution is -2.38. The lowest BCUT2D eigenvalue weighted by Gasteiger charge is -2.13. The van der Waals surface area contributed by atoms with E-state index >= 15 is 0 Å². The highest BCUT2D eigenvalue weighted by molar-refractivity contribution is 6.02. The van der Waals surface area contributed by atoms with Crippen LogP contribution >= 0.6 is 0 Å². The molecule has 6 heteroatoms. The number of rotatable bonds is 7. The van der Waals surface area contributed by atoms with E-state index in [4.69, 9.17) is 0 Å². The standard InChI is InChI=1S/C19H19FN2O3/c1-13(19(25)14-7-3-2-4-8-14)21-17(23)11-12-18(24)22-16-10-6-5-9-15(16)20/h2-10,13H,11-12H2,1H3,(H,21,23)(H,22,24)/t13-/m0/s1. The van der Waals surface area contributed by atoms with Gasteiger partial charge >= 0.3 is 0 Å². The lowest BCUT2D eigenvalue weighted by molar-refractivity contribution is -0.124. The molecule has 2 N–H and O–H groups in total. The van der Waals surface area contributed by atoms with E-state index in [1.165, 1.54) is 18.2 Å². The fourth-order valence-electron chi connectivity index (χ4n) is 2.23. The number of benzene rings is 2. The van der Waals surface area contributed by atoms with E-state index in [0.717, 1.165) is 0 Å². The van der Waals surface area contributed by atoms with E-state index in [-0.39, 0.29) is 24.3 Å². The molecule has 2 rings (SSSR count). The number of hydrogen-bond donors (Lipinski definition) is 2. The average molecular weight is 342 g/mol. The Morgan fingerprint density at radius 3 is 2.20 bits per heavy atom. The van der Waals surface area contributed by atoms with Crippen molar-refractivity contribution in [3.05, 3.63) is 66.0 Å². The van der Waals surface area contributed by atoms with Gasteiger partial charge in [-0.2, -0.15) is 0 Å². The molecule has 130 valence electrons. The van der Waals surface area contributed by atoms with Crippen LogP contribution in [0.5, 0.6) is 0 Å². The van der Waals surface area contributed by atoms with E-state index in [1.54, 1.807) is 43.3 Å². The Kier molecular flexibility index (Phi) is 6.39. The molecule has 0 aliphatic heterocycles. The summed E-state index contributed by atoms with van der Waals surface area (Å²) < 4.78 is 13.4. The average Bonchev–Trinajstić information content (AvgIpc) is 2.62. The van der Waals surface area contributed by atoms with Crippen LogP contribution in [0.3, 0.4) is 0 Å². The molecule has 5 nitrogen and oxygen atoms in total. The van der Waals surface area contributed by atoms with Crippen molar-refractivity contribution in [1.82, 2.24) is 5.32 Å². The highest BCUT2D eigenvalue weighted by atomic mass is 19.1. The summed E-state index contributed by atoms with van der Waals surface area (Å²) in [4.78, 5) is 35.8. The molecule has 25 heavy (non-hydrogen) atoms. The van der Waals surface area contributed by atoms with Gasteiger partial charge in [-0.3, -0.25) is 14.4 Å². The van der Waals surface area contributed by atoms with E-state index in [2.05, 4.69) is 10.6 Å². The van der Waals surface area contributed by atoms with Crippen molar-refractivity contribution in [2.24, 2.45) is 0 Å². The van der Waals surface area contributed by atoms with Gasteiger partial charge in [0.25, 0.3) is 0 Å². The molecule has 0 saturated heterocycles. The fraction of sp³-hybridized carbons (Fsp3) is 0.211. The topological polar surface area (TPSA) is 75.3 Å². The van der Waals surface area contributed by atoms with Crippen LogP contribution in [0.1, 0.15) is 30.1 Å². The SMILES string of the molecule is C[C@H](NC(=O)CCC(=O)Nc1ccccc1F)C(=O)c1ccccc1. The van der Waals surface area contributed by atoms with E-state index in [0.29, 0.717) is 5.56 Å². The van der Waals surface area contributed by atoms with Crippen molar-refractivity contribution < 1.29 is 18.8 Å². The number of carbonyl (C=O) groups excluding carboxylic acids is 3. The number of para-hydroxylation sites is 1. The van der Waals surface area contributed by atoms with Crippen molar-refractivity contribution in [2.75, 3.05) is 5.32 Å². The van der Waals surface area contributed by atoms with E-state index < -0.39 is 23.7 Å². The third-order valence-corrected chi connectivity index (χ3v) is 3.56. The normalized spacial score (nSPS) is 11.4. The van der Waals surface area contributed by atoms with Gasteiger partial charge in [0.15, 0.2) is 5.78 Å². The molecule has 0 heterocycles. The quantitative estimate of drug-likeness (QED) is 0.760. The summed E-state index contributed by atoms with van der Waals surface area (Å²) in [7, 11) is 0. The summed E-state index contributed by atoms with van der Waals surface area (Å²) in [6.07, 6.45) is -0.195. The van der Waals surface area contributed by atoms with Gasteiger partial charge in [-0.15, -0.1) is 0 Å². The molecule has 0 aliphatic carbocycles. The summed E-state index contributed by atoms with van der Waals surface area (Å²) in [5.74, 6) is -1.63. The Hall–Kier alpha value is -3.02. The predicted molar refractivity (Wildman–Crippen MR) is 92.6 cm³/mol. The first-order chi connectivity index (χ1) is 12.0. The summed E-state index contributed by atoms with van der Waals surface area (Å²) in [5, 5.41) is 4.97. The van der Waals surface area contributed by atoms with Gasteiger partial charge in [0.2, 0.25) is 11.8 Å². The van der Waals surface area contributed by atoms with Crippen molar-refractivity contribution in [3.63, 3.8) is 0 Å². The maximum Gasteiger partial charge on any atom is 0.224 e. The first-order valence-corrected chi connectivity index (χ1v) is 7.90. The zero-order valence-electron chi connectivity index (χ0n) is 13.8. The number of ketones is 1. The van der Waals surface area contributed by atoms with Crippen molar-refractivity contribution in [2.45, 2.75) is 25.8 Å². The van der Waals surface area contributed by atoms with E-state index in [9.17, 15) is 18.8 Å². The highest BCUT2D eigenvalue weighted by Crippen LogP contribution is 2.12. The second kappa shape index (κ2) is 8.73. The first kappa shape index (κ1) is 18.3. The monoisotopic (exact) mass is 342 g/mol. The molecule has 2 aromatic rings. The van der Waals surface area contributed by atoms with Crippen LogP contribution < -0.4 is 10.6 Å². The fourth-order valence-corrected chi connectivity index (χ4v) is 2.23. The Labute approximate surface area is 145 Å².